The highest BCUT2D eigenvalue weighted by Gasteiger charge is 2.39. The zero-order chi connectivity index (χ0) is 21.4. The molecule has 1 aliphatic rings. The Kier molecular flexibility index (Phi) is 5.56. The molecule has 6 nitrogen and oxygen atoms in total. The van der Waals surface area contributed by atoms with Crippen LogP contribution in [0.2, 0.25) is 0 Å². The van der Waals surface area contributed by atoms with Crippen molar-refractivity contribution in [3.63, 3.8) is 0 Å². The van der Waals surface area contributed by atoms with Crippen LogP contribution in [0.5, 0.6) is 0 Å². The van der Waals surface area contributed by atoms with Gasteiger partial charge in [-0.05, 0) is 53.3 Å². The van der Waals surface area contributed by atoms with Gasteiger partial charge >= 0.3 is 6.18 Å². The Morgan fingerprint density at radius 1 is 0.966 bits per heavy atom. The molecule has 0 bridgehead atoms. The summed E-state index contributed by atoms with van der Waals surface area (Å²) in [4.78, 5) is 3.85. The normalized spacial score (nSPS) is 17.0. The van der Waals surface area contributed by atoms with E-state index in [2.05, 4.69) is 4.98 Å². The van der Waals surface area contributed by atoms with Gasteiger partial charge < -0.3 is 10.2 Å². The van der Waals surface area contributed by atoms with Crippen LogP contribution < -0.4 is 5.14 Å². The van der Waals surface area contributed by atoms with Gasteiger partial charge in [0.05, 0.1) is 18.8 Å². The topological polar surface area (TPSA) is 114 Å². The summed E-state index contributed by atoms with van der Waals surface area (Å²) in [5.74, 6) is 0. The maximum absolute atomic E-state index is 12.9. The molecule has 29 heavy (non-hydrogen) atoms. The van der Waals surface area contributed by atoms with Crippen LogP contribution in [0.15, 0.2) is 47.6 Å². The fraction of sp³-hybridized carbons (Fsp3) is 0.316. The summed E-state index contributed by atoms with van der Waals surface area (Å²) in [6.07, 6.45) is -2.65. The Bertz CT molecular complexity index is 1030. The summed E-state index contributed by atoms with van der Waals surface area (Å²) in [5.41, 5.74) is 0.735. The second-order valence-electron chi connectivity index (χ2n) is 7.13. The number of sulfonamides is 1. The number of primary sulfonamides is 1. The number of rotatable bonds is 5. The highest BCUT2D eigenvalue weighted by Crippen LogP contribution is 2.49. The van der Waals surface area contributed by atoms with E-state index in [9.17, 15) is 31.8 Å². The van der Waals surface area contributed by atoms with E-state index < -0.39 is 27.2 Å². The predicted molar refractivity (Wildman–Crippen MR) is 99.7 cm³/mol. The lowest BCUT2D eigenvalue weighted by atomic mass is 9.84. The Balaban J connectivity index is 2.08. The average molecular weight is 428 g/mol. The highest BCUT2D eigenvalue weighted by atomic mass is 32.2. The van der Waals surface area contributed by atoms with Crippen molar-refractivity contribution in [1.29, 1.82) is 0 Å². The van der Waals surface area contributed by atoms with Crippen molar-refractivity contribution < 1.29 is 31.8 Å². The average Bonchev–Trinajstić information content (AvgIpc) is 3.07. The number of aliphatic hydroxyl groups excluding tert-OH is 2. The van der Waals surface area contributed by atoms with E-state index in [0.29, 0.717) is 22.3 Å². The van der Waals surface area contributed by atoms with Crippen molar-refractivity contribution in [2.75, 3.05) is 13.2 Å². The van der Waals surface area contributed by atoms with Gasteiger partial charge in [0.1, 0.15) is 0 Å². The Labute approximate surface area is 165 Å². The molecule has 4 N–H and O–H groups in total. The van der Waals surface area contributed by atoms with Crippen molar-refractivity contribution >= 4 is 21.2 Å². The van der Waals surface area contributed by atoms with Crippen LogP contribution in [0.1, 0.15) is 29.5 Å². The molecular formula is C19H19F3N2O4S. The summed E-state index contributed by atoms with van der Waals surface area (Å²) in [6.45, 7) is -0.639. The Morgan fingerprint density at radius 3 is 1.90 bits per heavy atom. The Hall–Kier alpha value is -2.27. The molecule has 2 aromatic rings. The van der Waals surface area contributed by atoms with Crippen LogP contribution in [-0.4, -0.2) is 36.8 Å². The number of halogens is 3. The smallest absolute Gasteiger partial charge is 0.396 e. The molecular weight excluding hydrogens is 409 g/mol. The summed E-state index contributed by atoms with van der Waals surface area (Å²) < 4.78 is 61.4. The van der Waals surface area contributed by atoms with Gasteiger partial charge in [0, 0.05) is 11.6 Å². The van der Waals surface area contributed by atoms with Gasteiger partial charge in [-0.3, -0.25) is 0 Å². The third kappa shape index (κ3) is 4.35. The first-order valence-electron chi connectivity index (χ1n) is 8.60. The summed E-state index contributed by atoms with van der Waals surface area (Å²) in [6, 6.07) is 7.36. The van der Waals surface area contributed by atoms with Gasteiger partial charge in [-0.1, -0.05) is 18.2 Å². The third-order valence-corrected chi connectivity index (χ3v) is 5.90. The molecule has 0 saturated carbocycles. The van der Waals surface area contributed by atoms with Crippen molar-refractivity contribution in [1.82, 2.24) is 4.98 Å². The molecule has 3 rings (SSSR count). The largest absolute Gasteiger partial charge is 0.416 e. The summed E-state index contributed by atoms with van der Waals surface area (Å²) in [5, 5.41) is 24.3. The number of benzene rings is 1. The van der Waals surface area contributed by atoms with E-state index >= 15 is 0 Å². The lowest BCUT2D eigenvalue weighted by Crippen LogP contribution is -2.27. The predicted octanol–water partition coefficient (Wildman–Crippen LogP) is 2.42. The first kappa shape index (κ1) is 21.4. The molecule has 1 aliphatic carbocycles. The molecule has 0 radical (unpaired) electrons. The number of nitrogens with zero attached hydrogens (tertiary/aromatic N) is 1. The zero-order valence-corrected chi connectivity index (χ0v) is 16.0. The lowest BCUT2D eigenvalue weighted by Gasteiger charge is -2.24. The van der Waals surface area contributed by atoms with Crippen LogP contribution in [0.4, 0.5) is 13.2 Å². The van der Waals surface area contributed by atoms with Gasteiger partial charge in [-0.2, -0.15) is 13.2 Å². The minimum Gasteiger partial charge on any atom is -0.396 e. The van der Waals surface area contributed by atoms with Gasteiger partial charge in [-0.15, -0.1) is 0 Å². The minimum absolute atomic E-state index is 0.248. The molecule has 1 aromatic carbocycles. The molecule has 0 saturated heterocycles. The van der Waals surface area contributed by atoms with Crippen molar-refractivity contribution in [3.05, 3.63) is 59.3 Å². The van der Waals surface area contributed by atoms with Gasteiger partial charge in [-0.25, -0.2) is 18.5 Å². The molecule has 156 valence electrons. The maximum atomic E-state index is 12.9. The molecule has 0 amide bonds. The zero-order valence-electron chi connectivity index (χ0n) is 15.1. The van der Waals surface area contributed by atoms with Crippen molar-refractivity contribution in [2.24, 2.45) is 10.6 Å². The SMILES string of the molecule is NS(=O)(=O)c1ccc(C2=C(c3ccc(C(F)(F)F)cc3)CC(CO)(CO)C2)cn1. The first-order chi connectivity index (χ1) is 13.5. The fourth-order valence-corrected chi connectivity index (χ4v) is 3.90. The molecule has 0 aliphatic heterocycles. The maximum Gasteiger partial charge on any atom is 0.416 e. The van der Waals surface area contributed by atoms with E-state index in [1.807, 2.05) is 0 Å². The van der Waals surface area contributed by atoms with E-state index in [1.54, 1.807) is 0 Å². The number of aromatic nitrogens is 1. The van der Waals surface area contributed by atoms with Crippen LogP contribution in [0.3, 0.4) is 0 Å². The summed E-state index contributed by atoms with van der Waals surface area (Å²) in [7, 11) is -3.97. The van der Waals surface area contributed by atoms with Crippen LogP contribution in [0.25, 0.3) is 11.1 Å². The van der Waals surface area contributed by atoms with E-state index in [4.69, 9.17) is 5.14 Å². The van der Waals surface area contributed by atoms with E-state index in [-0.39, 0.29) is 31.1 Å². The second-order valence-corrected chi connectivity index (χ2v) is 8.64. The molecule has 0 fully saturated rings. The molecule has 1 aromatic heterocycles. The molecule has 0 atom stereocenters. The second kappa shape index (κ2) is 7.52. The van der Waals surface area contributed by atoms with E-state index in [0.717, 1.165) is 12.1 Å². The molecule has 0 spiro atoms. The van der Waals surface area contributed by atoms with Crippen LogP contribution in [0, 0.1) is 5.41 Å². The molecule has 1 heterocycles. The number of allylic oxidation sites excluding steroid dienone is 2. The van der Waals surface area contributed by atoms with Crippen molar-refractivity contribution in [2.45, 2.75) is 24.0 Å². The number of alkyl halides is 3. The number of nitrogens with two attached hydrogens (primary N) is 1. The third-order valence-electron chi connectivity index (χ3n) is 5.08. The van der Waals surface area contributed by atoms with Gasteiger partial charge in [0.25, 0.3) is 10.0 Å². The first-order valence-corrected chi connectivity index (χ1v) is 10.1. The van der Waals surface area contributed by atoms with E-state index in [1.165, 1.54) is 30.5 Å². The Morgan fingerprint density at radius 2 is 1.48 bits per heavy atom. The standard InChI is InChI=1S/C19H19F3N2O4S/c20-19(21,22)14-4-1-12(2-5-14)15-7-18(10-25,11-26)8-16(15)13-3-6-17(24-9-13)29(23,27)28/h1-6,9,25-26H,7-8,10-11H2,(H2,23,27,28). The number of aliphatic hydroxyl groups is 2. The van der Waals surface area contributed by atoms with Crippen LogP contribution >= 0.6 is 0 Å². The number of hydrogen-bond donors (Lipinski definition) is 3. The highest BCUT2D eigenvalue weighted by molar-refractivity contribution is 7.89. The number of pyridine rings is 1. The fourth-order valence-electron chi connectivity index (χ4n) is 3.44. The molecule has 10 heteroatoms. The number of hydrogen-bond acceptors (Lipinski definition) is 5. The monoisotopic (exact) mass is 428 g/mol. The van der Waals surface area contributed by atoms with Gasteiger partial charge in [0.2, 0.25) is 0 Å². The molecule has 0 unspecified atom stereocenters. The minimum atomic E-state index is -4.46. The van der Waals surface area contributed by atoms with Crippen molar-refractivity contribution in [3.8, 4) is 0 Å². The van der Waals surface area contributed by atoms with Gasteiger partial charge in [0.15, 0.2) is 5.03 Å². The lowest BCUT2D eigenvalue weighted by molar-refractivity contribution is -0.137. The van der Waals surface area contributed by atoms with Crippen LogP contribution in [-0.2, 0) is 16.2 Å². The quantitative estimate of drug-likeness (QED) is 0.677. The summed E-state index contributed by atoms with van der Waals surface area (Å²) >= 11 is 0.